The first-order valence-electron chi connectivity index (χ1n) is 17.1. The van der Waals surface area contributed by atoms with Crippen molar-refractivity contribution in [1.29, 1.82) is 0 Å². The van der Waals surface area contributed by atoms with Crippen molar-refractivity contribution in [2.75, 3.05) is 10.9 Å². The van der Waals surface area contributed by atoms with Crippen molar-refractivity contribution in [3.8, 4) is 34.0 Å². The van der Waals surface area contributed by atoms with Crippen molar-refractivity contribution in [3.05, 3.63) is 159 Å². The number of non-ortho nitro benzene ring substituents is 2. The van der Waals surface area contributed by atoms with Gasteiger partial charge in [0.05, 0.1) is 44.4 Å². The van der Waals surface area contributed by atoms with E-state index >= 15 is 0 Å². The molecule has 4 N–H and O–H groups in total. The molecule has 0 radical (unpaired) electrons. The van der Waals surface area contributed by atoms with Crippen LogP contribution in [0.3, 0.4) is 0 Å². The number of nitro benzene ring substituents is 2. The number of hydrogen-bond donors (Lipinski definition) is 4. The van der Waals surface area contributed by atoms with E-state index in [2.05, 4.69) is 31.0 Å². The second-order valence-electron chi connectivity index (χ2n) is 12.6. The van der Waals surface area contributed by atoms with Crippen LogP contribution in [0.4, 0.5) is 21.6 Å². The molecule has 0 saturated heterocycles. The van der Waals surface area contributed by atoms with E-state index in [0.29, 0.717) is 27.8 Å². The number of hydrazone groups is 2. The van der Waals surface area contributed by atoms with Crippen molar-refractivity contribution in [2.24, 2.45) is 10.2 Å². The molecule has 4 aromatic heterocycles. The minimum atomic E-state index is -0.797. The van der Waals surface area contributed by atoms with Crippen LogP contribution >= 0.6 is 22.7 Å². The third-order valence-electron chi connectivity index (χ3n) is 8.77. The molecule has 0 fully saturated rings. The van der Waals surface area contributed by atoms with Gasteiger partial charge in [-0.3, -0.25) is 31.1 Å². The van der Waals surface area contributed by atoms with Crippen LogP contribution in [-0.4, -0.2) is 42.5 Å². The van der Waals surface area contributed by atoms with Gasteiger partial charge in [-0.1, -0.05) is 12.1 Å². The summed E-state index contributed by atoms with van der Waals surface area (Å²) in [6.07, 6.45) is 3.20. The maximum absolute atomic E-state index is 13.0. The zero-order chi connectivity index (χ0) is 41.2. The predicted molar refractivity (Wildman–Crippen MR) is 222 cm³/mol. The number of fused-ring (bicyclic) bond motifs is 2. The average molecular weight is 829 g/mol. The normalized spacial score (nSPS) is 11.5. The molecule has 4 heterocycles. The second kappa shape index (κ2) is 15.8. The highest BCUT2D eigenvalue weighted by Crippen LogP contribution is 2.37. The molecule has 0 spiro atoms. The summed E-state index contributed by atoms with van der Waals surface area (Å²) in [5, 5.41) is 56.9. The van der Waals surface area contributed by atoms with Crippen LogP contribution in [0.2, 0.25) is 0 Å². The molecule has 0 aliphatic rings. The molecule has 59 heavy (non-hydrogen) atoms. The van der Waals surface area contributed by atoms with E-state index in [4.69, 9.17) is 8.83 Å². The summed E-state index contributed by atoms with van der Waals surface area (Å²) in [4.78, 5) is 55.5. The Hall–Kier alpha value is -8.10. The molecule has 0 bridgehead atoms. The molecule has 0 aliphatic heterocycles. The van der Waals surface area contributed by atoms with Crippen molar-refractivity contribution < 1.29 is 28.9 Å². The summed E-state index contributed by atoms with van der Waals surface area (Å²) < 4.78 is 11.1. The predicted octanol–water partition coefficient (Wildman–Crippen LogP) is 7.86. The molecule has 0 saturated carbocycles. The first kappa shape index (κ1) is 37.8. The quantitative estimate of drug-likeness (QED) is 0.0395. The maximum atomic E-state index is 13.0. The van der Waals surface area contributed by atoms with Crippen LogP contribution in [0.1, 0.15) is 22.3 Å². The molecule has 18 nitrogen and oxygen atoms in total. The van der Waals surface area contributed by atoms with E-state index in [-0.39, 0.29) is 67.3 Å². The van der Waals surface area contributed by atoms with Gasteiger partial charge >= 0.3 is 11.3 Å². The molecule has 0 atom stereocenters. The summed E-state index contributed by atoms with van der Waals surface area (Å²) in [5.41, 5.74) is 6.76. The number of hydrogen-bond acceptors (Lipinski definition) is 18. The van der Waals surface area contributed by atoms with E-state index in [1.165, 1.54) is 61.0 Å². The van der Waals surface area contributed by atoms with Gasteiger partial charge in [0.1, 0.15) is 33.8 Å². The number of benzene rings is 4. The lowest BCUT2D eigenvalue weighted by Gasteiger charge is -2.09. The summed E-state index contributed by atoms with van der Waals surface area (Å²) in [6.45, 7) is 0. The van der Waals surface area contributed by atoms with E-state index in [1.54, 1.807) is 47.2 Å². The monoisotopic (exact) mass is 828 g/mol. The molecule has 20 heteroatoms. The lowest BCUT2D eigenvalue weighted by molar-refractivity contribution is -0.385. The minimum Gasteiger partial charge on any atom is -0.506 e. The second-order valence-corrected chi connectivity index (χ2v) is 14.3. The van der Waals surface area contributed by atoms with E-state index < -0.39 is 21.1 Å². The molecule has 4 aromatic carbocycles. The van der Waals surface area contributed by atoms with Gasteiger partial charge in [0.2, 0.25) is 10.3 Å². The lowest BCUT2D eigenvalue weighted by atomic mass is 10.00. The highest BCUT2D eigenvalue weighted by atomic mass is 32.1. The Morgan fingerprint density at radius 1 is 0.644 bits per heavy atom. The highest BCUT2D eigenvalue weighted by Gasteiger charge is 2.21. The first-order chi connectivity index (χ1) is 28.5. The van der Waals surface area contributed by atoms with Gasteiger partial charge in [-0.05, 0) is 77.2 Å². The van der Waals surface area contributed by atoms with Crippen LogP contribution < -0.4 is 22.1 Å². The van der Waals surface area contributed by atoms with Gasteiger partial charge in [0.15, 0.2) is 0 Å². The van der Waals surface area contributed by atoms with Crippen molar-refractivity contribution in [1.82, 2.24) is 9.97 Å². The lowest BCUT2D eigenvalue weighted by Crippen LogP contribution is -2.05. The largest absolute Gasteiger partial charge is 0.506 e. The number of aromatic hydroxyl groups is 2. The van der Waals surface area contributed by atoms with Crippen LogP contribution in [0.5, 0.6) is 11.5 Å². The zero-order valence-electron chi connectivity index (χ0n) is 29.8. The topological polar surface area (TPSA) is 262 Å². The number of nitrogens with zero attached hydrogens (tertiary/aromatic N) is 6. The Balaban J connectivity index is 1.00. The van der Waals surface area contributed by atoms with Gasteiger partial charge in [0, 0.05) is 35.0 Å². The van der Waals surface area contributed by atoms with Gasteiger partial charge in [-0.15, -0.1) is 22.7 Å². The Morgan fingerprint density at radius 2 is 1.05 bits per heavy atom. The molecule has 0 amide bonds. The van der Waals surface area contributed by atoms with Gasteiger partial charge < -0.3 is 19.0 Å². The number of rotatable bonds is 12. The fourth-order valence-electron chi connectivity index (χ4n) is 5.94. The van der Waals surface area contributed by atoms with E-state index in [9.17, 15) is 40.0 Å². The molecule has 0 unspecified atom stereocenters. The van der Waals surface area contributed by atoms with E-state index in [0.717, 1.165) is 33.8 Å². The fourth-order valence-corrected chi connectivity index (χ4v) is 7.24. The molecular formula is C39H24N8O10S2. The third kappa shape index (κ3) is 7.96. The SMILES string of the molecule is O=c1oc2ccc(Cc3ccc4oc(=O)c(-c5csc(N/N=C/c6ccc([N+](=O)[O-])cc6)n5)c(O)c4c3)cc2c(O)c1-c1csc(N/N=C/c2ccc([N+](=O)[O-])cc2)n1. The Bertz CT molecular complexity index is 2910. The zero-order valence-corrected chi connectivity index (χ0v) is 31.4. The molecule has 0 aliphatic carbocycles. The molecule has 292 valence electrons. The van der Waals surface area contributed by atoms with Crippen molar-refractivity contribution >= 4 is 78.7 Å². The molecular weight excluding hydrogens is 805 g/mol. The van der Waals surface area contributed by atoms with Crippen LogP contribution in [0.15, 0.2) is 124 Å². The summed E-state index contributed by atoms with van der Waals surface area (Å²) >= 11 is 2.26. The standard InChI is InChI=1S/C39H24N8O10S2/c48-34-26-14-22(5-11-30(26)56-36(50)32(34)28-18-58-38(42-28)44-40-16-20-1-7-24(8-2-20)46(52)53)13-23-6-12-31-27(15-23)35(49)33(37(51)57-31)29-19-59-39(43-29)45-41-17-21-3-9-25(10-4-21)47(54)55/h1-12,14-19,48-49H,13H2,(H,42,44)(H,43,45)/b40-16+,41-17+. The Kier molecular flexibility index (Phi) is 10.1. The van der Waals surface area contributed by atoms with Crippen LogP contribution in [0.25, 0.3) is 44.5 Å². The first-order valence-corrected chi connectivity index (χ1v) is 18.8. The average Bonchev–Trinajstić information content (AvgIpc) is 3.89. The van der Waals surface area contributed by atoms with Crippen LogP contribution in [-0.2, 0) is 6.42 Å². The third-order valence-corrected chi connectivity index (χ3v) is 10.3. The smallest absolute Gasteiger partial charge is 0.349 e. The number of thiazole rings is 2. The maximum Gasteiger partial charge on any atom is 0.349 e. The number of nitrogens with one attached hydrogen (secondary N) is 2. The summed E-state index contributed by atoms with van der Waals surface area (Å²) in [7, 11) is 0. The molecule has 8 aromatic rings. The highest BCUT2D eigenvalue weighted by molar-refractivity contribution is 7.14. The van der Waals surface area contributed by atoms with E-state index in [1.807, 2.05) is 0 Å². The summed E-state index contributed by atoms with van der Waals surface area (Å²) in [5.74, 6) is -0.665. The van der Waals surface area contributed by atoms with Crippen molar-refractivity contribution in [3.63, 3.8) is 0 Å². The van der Waals surface area contributed by atoms with Crippen molar-refractivity contribution in [2.45, 2.75) is 6.42 Å². The van der Waals surface area contributed by atoms with Gasteiger partial charge in [0.25, 0.3) is 11.4 Å². The number of anilines is 2. The Labute approximate surface area is 337 Å². The van der Waals surface area contributed by atoms with Crippen LogP contribution in [0, 0.1) is 20.2 Å². The van der Waals surface area contributed by atoms with Gasteiger partial charge in [-0.25, -0.2) is 19.6 Å². The number of aromatic nitrogens is 2. The molecule has 8 rings (SSSR count). The minimum absolute atomic E-state index is 0.0496. The number of nitro groups is 2. The Morgan fingerprint density at radius 3 is 1.44 bits per heavy atom. The summed E-state index contributed by atoms with van der Waals surface area (Å²) in [6, 6.07) is 21.5. The van der Waals surface area contributed by atoms with Gasteiger partial charge in [-0.2, -0.15) is 10.2 Å². The fraction of sp³-hybridized carbons (Fsp3) is 0.0256.